The minimum atomic E-state index is -0.794. The summed E-state index contributed by atoms with van der Waals surface area (Å²) >= 11 is 0. The van der Waals surface area contributed by atoms with Crippen LogP contribution in [0.25, 0.3) is 0 Å². The number of carbonyl (C=O) groups excluding carboxylic acids is 3. The Hall–Kier alpha value is -3.93. The van der Waals surface area contributed by atoms with Crippen molar-refractivity contribution in [2.24, 2.45) is 0 Å². The summed E-state index contributed by atoms with van der Waals surface area (Å²) in [5, 5.41) is 0. The van der Waals surface area contributed by atoms with Crippen LogP contribution >= 0.6 is 0 Å². The molecule has 0 aromatic carbocycles. The Labute approximate surface area is 412 Å². The molecule has 0 aromatic rings. The summed E-state index contributed by atoms with van der Waals surface area (Å²) in [4.78, 5) is 38.1. The third kappa shape index (κ3) is 52.9. The maximum Gasteiger partial charge on any atom is 0.306 e. The lowest BCUT2D eigenvalue weighted by Crippen LogP contribution is -2.30. The number of ether oxygens (including phenoxy) is 3. The zero-order valence-electron chi connectivity index (χ0n) is 43.4. The van der Waals surface area contributed by atoms with Gasteiger partial charge in [-0.15, -0.1) is 0 Å². The van der Waals surface area contributed by atoms with Gasteiger partial charge in [0.05, 0.1) is 0 Å². The van der Waals surface area contributed by atoms with Gasteiger partial charge in [0.15, 0.2) is 6.10 Å². The van der Waals surface area contributed by atoms with E-state index in [9.17, 15) is 14.4 Å². The largest absolute Gasteiger partial charge is 0.462 e. The molecule has 0 aromatic heterocycles. The van der Waals surface area contributed by atoms with Crippen molar-refractivity contribution >= 4 is 17.9 Å². The zero-order chi connectivity index (χ0) is 48.6. The van der Waals surface area contributed by atoms with Crippen molar-refractivity contribution in [2.45, 2.75) is 245 Å². The first kappa shape index (κ1) is 63.1. The Balaban J connectivity index is 4.42. The fraction of sp³-hybridized carbons (Fsp3) is 0.656. The number of hydrogen-bond acceptors (Lipinski definition) is 6. The van der Waals surface area contributed by atoms with Crippen LogP contribution in [0.4, 0.5) is 0 Å². The molecule has 6 nitrogen and oxygen atoms in total. The highest BCUT2D eigenvalue weighted by Crippen LogP contribution is 2.15. The van der Waals surface area contributed by atoms with Gasteiger partial charge in [-0.3, -0.25) is 14.4 Å². The Morgan fingerprint density at radius 2 is 0.612 bits per heavy atom. The van der Waals surface area contributed by atoms with E-state index >= 15 is 0 Å². The third-order valence-corrected chi connectivity index (χ3v) is 11.4. The van der Waals surface area contributed by atoms with Crippen molar-refractivity contribution in [3.63, 3.8) is 0 Å². The highest BCUT2D eigenvalue weighted by Gasteiger charge is 2.19. The molecule has 6 heteroatoms. The Morgan fingerprint density at radius 1 is 0.313 bits per heavy atom. The molecule has 0 aliphatic heterocycles. The minimum Gasteiger partial charge on any atom is -0.462 e. The van der Waals surface area contributed by atoms with Gasteiger partial charge in [0.1, 0.15) is 13.2 Å². The van der Waals surface area contributed by atoms with Crippen molar-refractivity contribution in [1.29, 1.82) is 0 Å². The first-order valence-corrected chi connectivity index (χ1v) is 27.5. The molecule has 380 valence electrons. The molecule has 0 amide bonds. The molecular weight excluding hydrogens is 829 g/mol. The van der Waals surface area contributed by atoms with Crippen molar-refractivity contribution in [3.8, 4) is 0 Å². The van der Waals surface area contributed by atoms with Gasteiger partial charge in [0.25, 0.3) is 0 Å². The Bertz CT molecular complexity index is 1390. The van der Waals surface area contributed by atoms with Crippen LogP contribution in [0, 0.1) is 0 Å². The van der Waals surface area contributed by atoms with Crippen LogP contribution in [-0.2, 0) is 28.6 Å². The number of unbranched alkanes of at least 4 members (excludes halogenated alkanes) is 23. The topological polar surface area (TPSA) is 78.9 Å². The van der Waals surface area contributed by atoms with E-state index in [2.05, 4.69) is 130 Å². The van der Waals surface area contributed by atoms with Crippen LogP contribution in [0.5, 0.6) is 0 Å². The molecule has 0 rings (SSSR count). The van der Waals surface area contributed by atoms with Gasteiger partial charge in [0.2, 0.25) is 0 Å². The van der Waals surface area contributed by atoms with Gasteiger partial charge in [-0.25, -0.2) is 0 Å². The predicted octanol–water partition coefficient (Wildman–Crippen LogP) is 18.3. The second-order valence-electron chi connectivity index (χ2n) is 17.8. The third-order valence-electron chi connectivity index (χ3n) is 11.4. The predicted molar refractivity (Wildman–Crippen MR) is 288 cm³/mol. The molecule has 0 bridgehead atoms. The molecule has 0 heterocycles. The van der Waals surface area contributed by atoms with Gasteiger partial charge < -0.3 is 14.2 Å². The summed E-state index contributed by atoms with van der Waals surface area (Å²) in [7, 11) is 0. The summed E-state index contributed by atoms with van der Waals surface area (Å²) in [6.45, 7) is 6.25. The van der Waals surface area contributed by atoms with Crippen molar-refractivity contribution in [2.75, 3.05) is 13.2 Å². The van der Waals surface area contributed by atoms with Gasteiger partial charge in [-0.1, -0.05) is 239 Å². The number of carbonyl (C=O) groups is 3. The first-order valence-electron chi connectivity index (χ1n) is 27.5. The van der Waals surface area contributed by atoms with E-state index in [1.54, 1.807) is 0 Å². The van der Waals surface area contributed by atoms with E-state index in [0.29, 0.717) is 19.3 Å². The van der Waals surface area contributed by atoms with Crippen LogP contribution in [0.1, 0.15) is 239 Å². The maximum absolute atomic E-state index is 12.8. The van der Waals surface area contributed by atoms with Crippen LogP contribution in [-0.4, -0.2) is 37.2 Å². The quantitative estimate of drug-likeness (QED) is 0.0199. The van der Waals surface area contributed by atoms with Crippen LogP contribution in [0.3, 0.4) is 0 Å². The molecule has 0 saturated heterocycles. The van der Waals surface area contributed by atoms with Gasteiger partial charge in [-0.2, -0.15) is 0 Å². The molecule has 0 radical (unpaired) electrons. The van der Waals surface area contributed by atoms with Gasteiger partial charge in [-0.05, 0) is 89.9 Å². The first-order chi connectivity index (χ1) is 33.0. The van der Waals surface area contributed by atoms with Crippen molar-refractivity contribution in [3.05, 3.63) is 109 Å². The highest BCUT2D eigenvalue weighted by molar-refractivity contribution is 5.71. The molecule has 0 fully saturated rings. The van der Waals surface area contributed by atoms with E-state index in [-0.39, 0.29) is 31.1 Å². The molecule has 0 N–H and O–H groups in total. The Kier molecular flexibility index (Phi) is 51.5. The number of allylic oxidation sites excluding steroid dienone is 18. The summed E-state index contributed by atoms with van der Waals surface area (Å²) < 4.78 is 16.8. The summed E-state index contributed by atoms with van der Waals surface area (Å²) in [5.74, 6) is -0.922. The monoisotopic (exact) mass is 929 g/mol. The molecule has 1 unspecified atom stereocenters. The fourth-order valence-electron chi connectivity index (χ4n) is 7.34. The SMILES string of the molecule is CC\C=C/C=C\C=C/CCCCCCCCCC(=O)OCC(COC(=O)CCCCCCCCCCC/C=C\C/C=C\C/C=C\CC)OC(=O)CCCCCCCCC\C=C/C=C\C=C/CC. The molecule has 1 atom stereocenters. The average molecular weight is 929 g/mol. The average Bonchev–Trinajstić information content (AvgIpc) is 3.33. The fourth-order valence-corrected chi connectivity index (χ4v) is 7.34. The number of esters is 3. The van der Waals surface area contributed by atoms with Gasteiger partial charge in [0, 0.05) is 19.3 Å². The second kappa shape index (κ2) is 54.7. The van der Waals surface area contributed by atoms with Crippen molar-refractivity contribution < 1.29 is 28.6 Å². The van der Waals surface area contributed by atoms with E-state index in [0.717, 1.165) is 109 Å². The van der Waals surface area contributed by atoms with Crippen LogP contribution < -0.4 is 0 Å². The summed E-state index contributed by atoms with van der Waals surface area (Å²) in [5.41, 5.74) is 0. The zero-order valence-corrected chi connectivity index (χ0v) is 43.4. The number of hydrogen-bond donors (Lipinski definition) is 0. The lowest BCUT2D eigenvalue weighted by Gasteiger charge is -2.18. The lowest BCUT2D eigenvalue weighted by atomic mass is 10.1. The van der Waals surface area contributed by atoms with Crippen LogP contribution in [0.2, 0.25) is 0 Å². The van der Waals surface area contributed by atoms with E-state index in [4.69, 9.17) is 14.2 Å². The Morgan fingerprint density at radius 3 is 1.00 bits per heavy atom. The highest BCUT2D eigenvalue weighted by atomic mass is 16.6. The molecule has 0 aliphatic carbocycles. The minimum absolute atomic E-state index is 0.0915. The molecular formula is C61H100O6. The normalized spacial score (nSPS) is 12.9. The standard InChI is InChI=1S/C61H100O6/c1-4-7-10-13-16-19-22-25-28-29-30-31-34-36-39-42-45-48-51-54-60(63)66-57-58(67-61(64)55-52-49-46-43-40-37-33-27-24-21-18-15-12-9-6-3)56-65-59(62)53-50-47-44-41-38-35-32-26-23-20-17-14-11-8-5-2/h7-12,14-21,23-25,28,58H,4-6,13,22,26-27,29-57H2,1-3H3/b10-7-,11-8-,12-9-,17-14-,18-15-,19-16-,23-20-,24-21-,28-25-. The van der Waals surface area contributed by atoms with Crippen molar-refractivity contribution in [1.82, 2.24) is 0 Å². The summed E-state index contributed by atoms with van der Waals surface area (Å²) in [6, 6.07) is 0. The molecule has 67 heavy (non-hydrogen) atoms. The van der Waals surface area contributed by atoms with E-state index in [1.807, 2.05) is 0 Å². The smallest absolute Gasteiger partial charge is 0.306 e. The lowest BCUT2D eigenvalue weighted by molar-refractivity contribution is -0.167. The molecule has 0 aliphatic rings. The van der Waals surface area contributed by atoms with Gasteiger partial charge >= 0.3 is 17.9 Å². The summed E-state index contributed by atoms with van der Waals surface area (Å²) in [6.07, 6.45) is 73.6. The molecule has 0 saturated carbocycles. The number of rotatable bonds is 48. The maximum atomic E-state index is 12.8. The second-order valence-corrected chi connectivity index (χ2v) is 17.8. The van der Waals surface area contributed by atoms with E-state index in [1.165, 1.54) is 89.9 Å². The van der Waals surface area contributed by atoms with E-state index < -0.39 is 6.10 Å². The molecule has 0 spiro atoms. The van der Waals surface area contributed by atoms with Crippen LogP contribution in [0.15, 0.2) is 109 Å².